The largest absolute Gasteiger partial charge is 0.466 e. The number of nitrogens with two attached hydrogens (primary N) is 2. The molecule has 94 valence electrons. The maximum absolute atomic E-state index is 8.88. The standard InChI is InChI=1S/C6H3Cl3.H4N2.H3O4P/c7-4-1-2-5(8)6(9)3-4;1-2;1-5(2,3)4/h1-3H;1-2H2;(H3,1,2,3,4). The van der Waals surface area contributed by atoms with Crippen molar-refractivity contribution < 1.29 is 19.2 Å². The van der Waals surface area contributed by atoms with E-state index in [-0.39, 0.29) is 0 Å². The summed E-state index contributed by atoms with van der Waals surface area (Å²) in [5, 5.41) is 1.62. The molecule has 0 saturated carbocycles. The van der Waals surface area contributed by atoms with Crippen molar-refractivity contribution >= 4 is 42.6 Å². The van der Waals surface area contributed by atoms with Crippen LogP contribution in [0.2, 0.25) is 15.1 Å². The molecular weight excluding hydrogens is 301 g/mol. The van der Waals surface area contributed by atoms with Gasteiger partial charge in [-0.25, -0.2) is 4.57 Å². The minimum atomic E-state index is -4.64. The third kappa shape index (κ3) is 14.1. The van der Waals surface area contributed by atoms with Crippen molar-refractivity contribution in [1.82, 2.24) is 0 Å². The molecule has 0 bridgehead atoms. The molecule has 0 saturated heterocycles. The van der Waals surface area contributed by atoms with Crippen LogP contribution in [0, 0.1) is 0 Å². The van der Waals surface area contributed by atoms with E-state index in [9.17, 15) is 0 Å². The van der Waals surface area contributed by atoms with Crippen molar-refractivity contribution in [2.45, 2.75) is 0 Å². The lowest BCUT2D eigenvalue weighted by atomic mass is 10.4. The van der Waals surface area contributed by atoms with E-state index in [0.29, 0.717) is 15.1 Å². The predicted octanol–water partition coefficient (Wildman–Crippen LogP) is 1.54. The number of rotatable bonds is 0. The minimum Gasteiger partial charge on any atom is -0.303 e. The Morgan fingerprint density at radius 1 is 1.00 bits per heavy atom. The molecule has 0 amide bonds. The summed E-state index contributed by atoms with van der Waals surface area (Å²) in [6.45, 7) is 0. The Labute approximate surface area is 107 Å². The third-order valence-electron chi connectivity index (χ3n) is 0.882. The van der Waals surface area contributed by atoms with Crippen molar-refractivity contribution in [3.8, 4) is 0 Å². The molecule has 6 nitrogen and oxygen atoms in total. The average Bonchev–Trinajstić information content (AvgIpc) is 2.13. The van der Waals surface area contributed by atoms with E-state index in [0.717, 1.165) is 0 Å². The summed E-state index contributed by atoms with van der Waals surface area (Å²) in [6.07, 6.45) is 0. The van der Waals surface area contributed by atoms with E-state index in [1.807, 2.05) is 0 Å². The molecule has 1 aromatic rings. The van der Waals surface area contributed by atoms with Gasteiger partial charge in [0, 0.05) is 5.02 Å². The lowest BCUT2D eigenvalue weighted by molar-refractivity contribution is 0.275. The van der Waals surface area contributed by atoms with Gasteiger partial charge in [-0.15, -0.1) is 0 Å². The highest BCUT2D eigenvalue weighted by molar-refractivity contribution is 7.45. The second kappa shape index (κ2) is 9.18. The van der Waals surface area contributed by atoms with Crippen LogP contribution in [-0.4, -0.2) is 14.7 Å². The molecule has 1 rings (SSSR count). The van der Waals surface area contributed by atoms with Gasteiger partial charge in [0.2, 0.25) is 0 Å². The van der Waals surface area contributed by atoms with Crippen molar-refractivity contribution in [3.63, 3.8) is 0 Å². The Morgan fingerprint density at radius 3 is 1.62 bits per heavy atom. The number of halogens is 3. The van der Waals surface area contributed by atoms with Gasteiger partial charge in [-0.1, -0.05) is 34.8 Å². The van der Waals surface area contributed by atoms with Crippen molar-refractivity contribution in [1.29, 1.82) is 0 Å². The first-order valence-corrected chi connectivity index (χ1v) is 6.12. The number of hydrogen-bond acceptors (Lipinski definition) is 3. The topological polar surface area (TPSA) is 130 Å². The maximum Gasteiger partial charge on any atom is 0.466 e. The lowest BCUT2D eigenvalue weighted by Crippen LogP contribution is -2.02. The van der Waals surface area contributed by atoms with Gasteiger partial charge >= 0.3 is 7.82 Å². The fraction of sp³-hybridized carbons (Fsp3) is 0. The van der Waals surface area contributed by atoms with Gasteiger partial charge in [-0.05, 0) is 18.2 Å². The number of phosphoric acid groups is 1. The number of benzene rings is 1. The molecule has 0 aromatic heterocycles. The van der Waals surface area contributed by atoms with E-state index in [2.05, 4.69) is 11.7 Å². The van der Waals surface area contributed by atoms with E-state index in [1.165, 1.54) is 0 Å². The second-order valence-corrected chi connectivity index (χ2v) is 4.35. The summed E-state index contributed by atoms with van der Waals surface area (Å²) in [4.78, 5) is 21.6. The minimum absolute atomic E-state index is 0.490. The fourth-order valence-electron chi connectivity index (χ4n) is 0.470. The smallest absolute Gasteiger partial charge is 0.303 e. The molecular formula is C6H10Cl3N2O4P. The van der Waals surface area contributed by atoms with Gasteiger partial charge in [0.15, 0.2) is 0 Å². The Hall–Kier alpha value is 0.120. The van der Waals surface area contributed by atoms with Crippen LogP contribution in [0.25, 0.3) is 0 Å². The van der Waals surface area contributed by atoms with Gasteiger partial charge in [0.05, 0.1) is 10.0 Å². The third-order valence-corrected chi connectivity index (χ3v) is 1.86. The molecule has 0 aliphatic heterocycles. The molecule has 1 aromatic carbocycles. The van der Waals surface area contributed by atoms with Crippen molar-refractivity contribution in [2.75, 3.05) is 0 Å². The normalized spacial score (nSPS) is 9.50. The average molecular weight is 311 g/mol. The first kappa shape index (κ1) is 18.5. The molecule has 16 heavy (non-hydrogen) atoms. The van der Waals surface area contributed by atoms with Crippen LogP contribution in [0.1, 0.15) is 0 Å². The van der Waals surface area contributed by atoms with Gasteiger partial charge in [0.25, 0.3) is 0 Å². The van der Waals surface area contributed by atoms with Gasteiger partial charge < -0.3 is 14.7 Å². The summed E-state index contributed by atoms with van der Waals surface area (Å²) in [6, 6.07) is 4.95. The first-order chi connectivity index (χ1) is 7.20. The Bertz CT molecular complexity index is 351. The van der Waals surface area contributed by atoms with Gasteiger partial charge in [-0.2, -0.15) is 0 Å². The fourth-order valence-corrected chi connectivity index (χ4v) is 0.997. The molecule has 0 fully saturated rings. The van der Waals surface area contributed by atoms with E-state index < -0.39 is 7.82 Å². The van der Waals surface area contributed by atoms with Crippen LogP contribution < -0.4 is 11.7 Å². The Morgan fingerprint density at radius 2 is 1.38 bits per heavy atom. The van der Waals surface area contributed by atoms with Crippen LogP contribution in [0.4, 0.5) is 0 Å². The van der Waals surface area contributed by atoms with Crippen molar-refractivity contribution in [2.24, 2.45) is 11.7 Å². The summed E-state index contributed by atoms with van der Waals surface area (Å²) >= 11 is 16.8. The Kier molecular flexibility index (Phi) is 10.6. The predicted molar refractivity (Wildman–Crippen MR) is 64.1 cm³/mol. The molecule has 10 heteroatoms. The second-order valence-electron chi connectivity index (χ2n) is 2.07. The van der Waals surface area contributed by atoms with E-state index in [1.54, 1.807) is 18.2 Å². The summed E-state index contributed by atoms with van der Waals surface area (Å²) < 4.78 is 8.88. The van der Waals surface area contributed by atoms with Crippen LogP contribution in [-0.2, 0) is 4.57 Å². The van der Waals surface area contributed by atoms with Crippen LogP contribution >= 0.6 is 42.6 Å². The molecule has 0 aliphatic rings. The van der Waals surface area contributed by atoms with Crippen LogP contribution in [0.3, 0.4) is 0 Å². The first-order valence-electron chi connectivity index (χ1n) is 3.42. The molecule has 0 radical (unpaired) electrons. The molecule has 0 unspecified atom stereocenters. The molecule has 0 aliphatic carbocycles. The highest BCUT2D eigenvalue weighted by Gasteiger charge is 2.00. The highest BCUT2D eigenvalue weighted by Crippen LogP contribution is 2.26. The Balaban J connectivity index is 0. The maximum atomic E-state index is 8.88. The number of hydrogen-bond donors (Lipinski definition) is 5. The van der Waals surface area contributed by atoms with E-state index >= 15 is 0 Å². The lowest BCUT2D eigenvalue weighted by Gasteiger charge is -1.92. The zero-order valence-electron chi connectivity index (χ0n) is 7.72. The summed E-state index contributed by atoms with van der Waals surface area (Å²) in [5.41, 5.74) is 0. The molecule has 0 atom stereocenters. The summed E-state index contributed by atoms with van der Waals surface area (Å²) in [7, 11) is -4.64. The monoisotopic (exact) mass is 310 g/mol. The zero-order valence-corrected chi connectivity index (χ0v) is 10.9. The quantitative estimate of drug-likeness (QED) is 0.214. The molecule has 7 N–H and O–H groups in total. The van der Waals surface area contributed by atoms with Crippen molar-refractivity contribution in [3.05, 3.63) is 33.3 Å². The summed E-state index contributed by atoms with van der Waals surface area (Å²) in [5.74, 6) is 8.00. The zero-order chi connectivity index (χ0) is 13.4. The highest BCUT2D eigenvalue weighted by atomic mass is 35.5. The SMILES string of the molecule is Clc1ccc(Cl)c(Cl)c1.NN.O=P(O)(O)O. The van der Waals surface area contributed by atoms with Gasteiger partial charge in [0.1, 0.15) is 0 Å². The number of hydrazine groups is 1. The molecule has 0 heterocycles. The molecule has 0 spiro atoms. The van der Waals surface area contributed by atoms with E-state index in [4.69, 9.17) is 54.0 Å². The van der Waals surface area contributed by atoms with Gasteiger partial charge in [-0.3, -0.25) is 11.7 Å². The van der Waals surface area contributed by atoms with Crippen LogP contribution in [0.5, 0.6) is 0 Å². The van der Waals surface area contributed by atoms with Crippen LogP contribution in [0.15, 0.2) is 18.2 Å².